The molecule has 0 aliphatic carbocycles. The summed E-state index contributed by atoms with van der Waals surface area (Å²) in [6.45, 7) is 5.49. The van der Waals surface area contributed by atoms with E-state index < -0.39 is 0 Å². The van der Waals surface area contributed by atoms with Crippen molar-refractivity contribution in [1.29, 1.82) is 0 Å². The Balaban J connectivity index is 2.53. The summed E-state index contributed by atoms with van der Waals surface area (Å²) < 4.78 is 6.77. The first-order valence-corrected chi connectivity index (χ1v) is 5.04. The summed E-state index contributed by atoms with van der Waals surface area (Å²) in [6, 6.07) is 1.82. The first-order valence-electron chi connectivity index (χ1n) is 5.04. The summed E-state index contributed by atoms with van der Waals surface area (Å²) in [7, 11) is 1.59. The van der Waals surface area contributed by atoms with E-state index in [0.717, 1.165) is 11.5 Å². The highest BCUT2D eigenvalue weighted by molar-refractivity contribution is 5.60. The molecule has 0 aromatic carbocycles. The molecule has 2 aromatic rings. The van der Waals surface area contributed by atoms with E-state index in [-0.39, 0.29) is 0 Å². The molecule has 6 nitrogen and oxygen atoms in total. The maximum atomic E-state index is 5.12. The summed E-state index contributed by atoms with van der Waals surface area (Å²) in [5.41, 5.74) is 0.757. The second-order valence-corrected chi connectivity index (χ2v) is 3.31. The first kappa shape index (κ1) is 11.1. The molecule has 0 saturated heterocycles. The van der Waals surface area contributed by atoms with Crippen molar-refractivity contribution in [3.63, 3.8) is 0 Å². The van der Waals surface area contributed by atoms with Crippen LogP contribution in [0.5, 0.6) is 5.75 Å². The summed E-state index contributed by atoms with van der Waals surface area (Å²) in [4.78, 5) is 8.36. The van der Waals surface area contributed by atoms with Gasteiger partial charge in [0.15, 0.2) is 5.82 Å². The predicted octanol–water partition coefficient (Wildman–Crippen LogP) is 1.53. The van der Waals surface area contributed by atoms with E-state index in [0.29, 0.717) is 11.6 Å². The molecule has 2 aromatic heterocycles. The van der Waals surface area contributed by atoms with Gasteiger partial charge < -0.3 is 10.1 Å². The van der Waals surface area contributed by atoms with Crippen LogP contribution in [-0.4, -0.2) is 26.9 Å². The van der Waals surface area contributed by atoms with Crippen molar-refractivity contribution in [2.45, 2.75) is 6.92 Å². The minimum Gasteiger partial charge on any atom is -0.495 e. The minimum absolute atomic E-state index is 0.653. The largest absolute Gasteiger partial charge is 0.495 e. The third kappa shape index (κ3) is 2.10. The molecule has 2 rings (SSSR count). The van der Waals surface area contributed by atoms with Crippen molar-refractivity contribution in [3.05, 3.63) is 37.2 Å². The van der Waals surface area contributed by atoms with E-state index in [4.69, 9.17) is 4.74 Å². The number of nitrogens with one attached hydrogen (secondary N) is 1. The topological polar surface area (TPSA) is 64.9 Å². The molecular weight excluding hydrogens is 218 g/mol. The molecule has 0 radical (unpaired) electrons. The van der Waals surface area contributed by atoms with Crippen LogP contribution in [0.1, 0.15) is 5.82 Å². The Morgan fingerprint density at radius 2 is 2.29 bits per heavy atom. The molecule has 1 N–H and O–H groups in total. The SMILES string of the molecule is C=CNc1cc(OC)cnc1-n1ncnc1C. The Bertz CT molecular complexity index is 534. The van der Waals surface area contributed by atoms with Crippen LogP contribution < -0.4 is 10.1 Å². The van der Waals surface area contributed by atoms with Crippen molar-refractivity contribution in [2.24, 2.45) is 0 Å². The van der Waals surface area contributed by atoms with Gasteiger partial charge >= 0.3 is 0 Å². The lowest BCUT2D eigenvalue weighted by molar-refractivity contribution is 0.413. The molecule has 0 amide bonds. The van der Waals surface area contributed by atoms with Gasteiger partial charge in [0.1, 0.15) is 17.9 Å². The molecule has 88 valence electrons. The van der Waals surface area contributed by atoms with E-state index >= 15 is 0 Å². The van der Waals surface area contributed by atoms with Crippen LogP contribution in [0.3, 0.4) is 0 Å². The Kier molecular flexibility index (Phi) is 3.04. The van der Waals surface area contributed by atoms with Gasteiger partial charge in [0, 0.05) is 6.07 Å². The van der Waals surface area contributed by atoms with Gasteiger partial charge in [0.2, 0.25) is 0 Å². The fourth-order valence-electron chi connectivity index (χ4n) is 1.44. The summed E-state index contributed by atoms with van der Waals surface area (Å²) >= 11 is 0. The molecular formula is C11H13N5O. The van der Waals surface area contributed by atoms with Crippen LogP contribution >= 0.6 is 0 Å². The molecule has 0 atom stereocenters. The van der Waals surface area contributed by atoms with Gasteiger partial charge in [0.25, 0.3) is 0 Å². The van der Waals surface area contributed by atoms with Crippen LogP contribution in [0.15, 0.2) is 31.4 Å². The van der Waals surface area contributed by atoms with E-state index in [1.807, 2.05) is 13.0 Å². The number of nitrogens with zero attached hydrogens (tertiary/aromatic N) is 4. The number of pyridine rings is 1. The van der Waals surface area contributed by atoms with Gasteiger partial charge in [-0.15, -0.1) is 0 Å². The molecule has 0 bridgehead atoms. The van der Waals surface area contributed by atoms with E-state index in [1.165, 1.54) is 6.33 Å². The monoisotopic (exact) mass is 231 g/mol. The van der Waals surface area contributed by atoms with Crippen molar-refractivity contribution in [1.82, 2.24) is 19.7 Å². The number of methoxy groups -OCH3 is 1. The second-order valence-electron chi connectivity index (χ2n) is 3.31. The number of ether oxygens (including phenoxy) is 1. The lowest BCUT2D eigenvalue weighted by Gasteiger charge is -2.10. The number of hydrogen-bond donors (Lipinski definition) is 1. The molecule has 0 aliphatic heterocycles. The maximum Gasteiger partial charge on any atom is 0.179 e. The van der Waals surface area contributed by atoms with E-state index in [1.54, 1.807) is 24.2 Å². The minimum atomic E-state index is 0.653. The Morgan fingerprint density at radius 1 is 1.47 bits per heavy atom. The lowest BCUT2D eigenvalue weighted by Crippen LogP contribution is -2.06. The smallest absolute Gasteiger partial charge is 0.179 e. The quantitative estimate of drug-likeness (QED) is 0.864. The highest BCUT2D eigenvalue weighted by Gasteiger charge is 2.10. The maximum absolute atomic E-state index is 5.12. The summed E-state index contributed by atoms with van der Waals surface area (Å²) in [5.74, 6) is 2.08. The van der Waals surface area contributed by atoms with Gasteiger partial charge in [-0.3, -0.25) is 0 Å². The third-order valence-corrected chi connectivity index (χ3v) is 2.25. The Labute approximate surface area is 99.0 Å². The molecule has 0 unspecified atom stereocenters. The normalized spacial score (nSPS) is 10.0. The number of aryl methyl sites for hydroxylation is 1. The summed E-state index contributed by atoms with van der Waals surface area (Å²) in [6.07, 6.45) is 4.69. The zero-order chi connectivity index (χ0) is 12.3. The van der Waals surface area contributed by atoms with Crippen LogP contribution in [0.4, 0.5) is 5.69 Å². The van der Waals surface area contributed by atoms with Crippen molar-refractivity contribution < 1.29 is 4.74 Å². The second kappa shape index (κ2) is 4.65. The first-order chi connectivity index (χ1) is 8.26. The fourth-order valence-corrected chi connectivity index (χ4v) is 1.44. The molecule has 0 fully saturated rings. The summed E-state index contributed by atoms with van der Waals surface area (Å²) in [5, 5.41) is 7.11. The lowest BCUT2D eigenvalue weighted by atomic mass is 10.3. The Hall–Kier alpha value is -2.37. The van der Waals surface area contributed by atoms with Gasteiger partial charge in [-0.1, -0.05) is 6.58 Å². The van der Waals surface area contributed by atoms with Crippen LogP contribution in [0.2, 0.25) is 0 Å². The van der Waals surface area contributed by atoms with E-state index in [9.17, 15) is 0 Å². The zero-order valence-corrected chi connectivity index (χ0v) is 9.71. The highest BCUT2D eigenvalue weighted by atomic mass is 16.5. The molecule has 0 aliphatic rings. The molecule has 17 heavy (non-hydrogen) atoms. The molecule has 0 saturated carbocycles. The highest BCUT2D eigenvalue weighted by Crippen LogP contribution is 2.23. The molecule has 6 heteroatoms. The Morgan fingerprint density at radius 3 is 2.88 bits per heavy atom. The number of hydrogen-bond acceptors (Lipinski definition) is 5. The number of rotatable bonds is 4. The van der Waals surface area contributed by atoms with Gasteiger partial charge in [0.05, 0.1) is 19.0 Å². The van der Waals surface area contributed by atoms with E-state index in [2.05, 4.69) is 27.0 Å². The van der Waals surface area contributed by atoms with Crippen molar-refractivity contribution in [3.8, 4) is 11.6 Å². The standard InChI is InChI=1S/C11H13N5O/c1-4-12-10-5-9(17-3)6-13-11(10)16-8(2)14-7-15-16/h4-7,12H,1H2,2-3H3. The fraction of sp³-hybridized carbons (Fsp3) is 0.182. The zero-order valence-electron chi connectivity index (χ0n) is 9.71. The average molecular weight is 231 g/mol. The number of aromatic nitrogens is 4. The van der Waals surface area contributed by atoms with Crippen molar-refractivity contribution in [2.75, 3.05) is 12.4 Å². The van der Waals surface area contributed by atoms with Crippen molar-refractivity contribution >= 4 is 5.69 Å². The average Bonchev–Trinajstić information content (AvgIpc) is 2.76. The third-order valence-electron chi connectivity index (χ3n) is 2.25. The van der Waals surface area contributed by atoms with Gasteiger partial charge in [-0.05, 0) is 13.1 Å². The molecule has 2 heterocycles. The van der Waals surface area contributed by atoms with Crippen LogP contribution in [0.25, 0.3) is 5.82 Å². The van der Waals surface area contributed by atoms with Crippen LogP contribution in [-0.2, 0) is 0 Å². The van der Waals surface area contributed by atoms with Crippen LogP contribution in [0, 0.1) is 6.92 Å². The predicted molar refractivity (Wildman–Crippen MR) is 64.3 cm³/mol. The molecule has 0 spiro atoms. The number of anilines is 1. The van der Waals surface area contributed by atoms with Gasteiger partial charge in [-0.25, -0.2) is 9.97 Å². The van der Waals surface area contributed by atoms with Gasteiger partial charge in [-0.2, -0.15) is 9.78 Å².